The normalized spacial score (nSPS) is 10.6. The van der Waals surface area contributed by atoms with E-state index in [0.29, 0.717) is 20.3 Å². The highest BCUT2D eigenvalue weighted by atomic mass is 32.1. The van der Waals surface area contributed by atoms with Gasteiger partial charge in [0.25, 0.3) is 11.8 Å². The molecule has 0 bridgehead atoms. The predicted octanol–water partition coefficient (Wildman–Crippen LogP) is 3.69. The third-order valence-corrected chi connectivity index (χ3v) is 5.30. The molecule has 2 aromatic rings. The zero-order valence-electron chi connectivity index (χ0n) is 14.5. The summed E-state index contributed by atoms with van der Waals surface area (Å²) in [5.74, 6) is -1.15. The van der Waals surface area contributed by atoms with Gasteiger partial charge in [-0.1, -0.05) is 6.07 Å². The van der Waals surface area contributed by atoms with E-state index in [1.54, 1.807) is 31.4 Å². The van der Waals surface area contributed by atoms with E-state index in [9.17, 15) is 14.4 Å². The molecule has 0 saturated carbocycles. The van der Waals surface area contributed by atoms with E-state index in [1.165, 1.54) is 11.3 Å². The molecule has 0 spiro atoms. The number of anilines is 1. The molecule has 0 fully saturated rings. The fraction of sp³-hybridized carbons (Fsp3) is 0.353. The van der Waals surface area contributed by atoms with Crippen molar-refractivity contribution >= 4 is 45.5 Å². The predicted molar refractivity (Wildman–Crippen MR) is 99.9 cm³/mol. The molecule has 0 aliphatic rings. The molecule has 2 amide bonds. The molecular weight excluding hydrogens is 360 g/mol. The van der Waals surface area contributed by atoms with Gasteiger partial charge in [-0.3, -0.25) is 9.59 Å². The molecule has 0 aromatic carbocycles. The van der Waals surface area contributed by atoms with Crippen molar-refractivity contribution in [2.75, 3.05) is 11.9 Å². The number of hydrogen-bond acceptors (Lipinski definition) is 6. The van der Waals surface area contributed by atoms with Crippen molar-refractivity contribution in [2.24, 2.45) is 0 Å². The molecule has 0 aliphatic heterocycles. The topological polar surface area (TPSA) is 84.5 Å². The minimum atomic E-state index is -0.554. The Labute approximate surface area is 154 Å². The fourth-order valence-electron chi connectivity index (χ4n) is 2.17. The average Bonchev–Trinajstić information content (AvgIpc) is 3.15. The van der Waals surface area contributed by atoms with E-state index in [2.05, 4.69) is 10.6 Å². The maximum absolute atomic E-state index is 12.4. The minimum absolute atomic E-state index is 0.0378. The van der Waals surface area contributed by atoms with Gasteiger partial charge in [0.15, 0.2) is 0 Å². The Balaban J connectivity index is 2.40. The lowest BCUT2D eigenvalue weighted by Crippen LogP contribution is -2.29. The van der Waals surface area contributed by atoms with Crippen LogP contribution < -0.4 is 10.6 Å². The Bertz CT molecular complexity index is 779. The van der Waals surface area contributed by atoms with Crippen molar-refractivity contribution in [3.05, 3.63) is 38.4 Å². The number of nitrogens with one attached hydrogen (secondary N) is 2. The molecule has 25 heavy (non-hydrogen) atoms. The van der Waals surface area contributed by atoms with E-state index in [1.807, 2.05) is 13.8 Å². The van der Waals surface area contributed by atoms with Crippen LogP contribution in [0.3, 0.4) is 0 Å². The Kier molecular flexibility index (Phi) is 6.33. The van der Waals surface area contributed by atoms with E-state index < -0.39 is 5.97 Å². The van der Waals surface area contributed by atoms with Crippen LogP contribution in [0.2, 0.25) is 0 Å². The van der Waals surface area contributed by atoms with Gasteiger partial charge in [-0.05, 0) is 44.7 Å². The Hall–Kier alpha value is -2.19. The van der Waals surface area contributed by atoms with Crippen LogP contribution in [0, 0.1) is 6.92 Å². The number of carbonyl (C=O) groups is 3. The molecule has 2 heterocycles. The highest BCUT2D eigenvalue weighted by molar-refractivity contribution is 7.19. The number of hydrogen-bond donors (Lipinski definition) is 2. The van der Waals surface area contributed by atoms with Gasteiger partial charge in [-0.15, -0.1) is 22.7 Å². The van der Waals surface area contributed by atoms with Crippen LogP contribution in [0.4, 0.5) is 5.00 Å². The zero-order chi connectivity index (χ0) is 18.6. The van der Waals surface area contributed by atoms with Gasteiger partial charge in [-0.2, -0.15) is 0 Å². The van der Waals surface area contributed by atoms with E-state index >= 15 is 0 Å². The standard InChI is InChI=1S/C17H20N2O4S2/c1-5-23-17(22)12-10(4)13(15(21)18-9(2)3)25-16(12)19-14(20)11-7-6-8-24-11/h6-9H,5H2,1-4H3,(H,18,21)(H,19,20). The first-order valence-corrected chi connectivity index (χ1v) is 9.51. The molecule has 2 N–H and O–H groups in total. The highest BCUT2D eigenvalue weighted by Gasteiger charge is 2.27. The molecule has 134 valence electrons. The number of ether oxygens (including phenoxy) is 1. The number of esters is 1. The van der Waals surface area contributed by atoms with E-state index in [0.717, 1.165) is 11.3 Å². The van der Waals surface area contributed by atoms with Gasteiger partial charge >= 0.3 is 5.97 Å². The molecule has 0 aliphatic carbocycles. The molecule has 2 aromatic heterocycles. The third kappa shape index (κ3) is 4.46. The third-order valence-electron chi connectivity index (χ3n) is 3.22. The van der Waals surface area contributed by atoms with Crippen LogP contribution in [-0.4, -0.2) is 30.4 Å². The van der Waals surface area contributed by atoms with Gasteiger partial charge < -0.3 is 15.4 Å². The molecule has 6 nitrogen and oxygen atoms in total. The first-order chi connectivity index (χ1) is 11.8. The van der Waals surface area contributed by atoms with Gasteiger partial charge in [0.2, 0.25) is 0 Å². The lowest BCUT2D eigenvalue weighted by molar-refractivity contribution is 0.0527. The van der Waals surface area contributed by atoms with Crippen molar-refractivity contribution in [1.82, 2.24) is 5.32 Å². The molecule has 0 unspecified atom stereocenters. The van der Waals surface area contributed by atoms with Crippen LogP contribution in [0.15, 0.2) is 17.5 Å². The van der Waals surface area contributed by atoms with Crippen LogP contribution >= 0.6 is 22.7 Å². The van der Waals surface area contributed by atoms with Crippen LogP contribution in [0.1, 0.15) is 56.0 Å². The quantitative estimate of drug-likeness (QED) is 0.749. The lowest BCUT2D eigenvalue weighted by Gasteiger charge is -2.07. The Morgan fingerprint density at radius 2 is 1.96 bits per heavy atom. The number of amides is 2. The average molecular weight is 380 g/mol. The lowest BCUT2D eigenvalue weighted by atomic mass is 10.1. The van der Waals surface area contributed by atoms with E-state index in [4.69, 9.17) is 4.74 Å². The van der Waals surface area contributed by atoms with Crippen molar-refractivity contribution in [3.8, 4) is 0 Å². The Morgan fingerprint density at radius 3 is 2.52 bits per heavy atom. The smallest absolute Gasteiger partial charge is 0.341 e. The van der Waals surface area contributed by atoms with Crippen molar-refractivity contribution < 1.29 is 19.1 Å². The van der Waals surface area contributed by atoms with Crippen LogP contribution in [0.25, 0.3) is 0 Å². The summed E-state index contributed by atoms with van der Waals surface area (Å²) in [6, 6.07) is 3.42. The van der Waals surface area contributed by atoms with Gasteiger partial charge in [0, 0.05) is 6.04 Å². The van der Waals surface area contributed by atoms with Crippen molar-refractivity contribution in [1.29, 1.82) is 0 Å². The van der Waals surface area contributed by atoms with Crippen LogP contribution in [-0.2, 0) is 4.74 Å². The SMILES string of the molecule is CCOC(=O)c1c(NC(=O)c2cccs2)sc(C(=O)NC(C)C)c1C. The summed E-state index contributed by atoms with van der Waals surface area (Å²) >= 11 is 2.37. The molecule has 0 saturated heterocycles. The summed E-state index contributed by atoms with van der Waals surface area (Å²) in [4.78, 5) is 37.9. The molecule has 8 heteroatoms. The van der Waals surface area contributed by atoms with Crippen molar-refractivity contribution in [3.63, 3.8) is 0 Å². The summed E-state index contributed by atoms with van der Waals surface area (Å²) in [7, 11) is 0. The summed E-state index contributed by atoms with van der Waals surface area (Å²) in [5, 5.41) is 7.65. The zero-order valence-corrected chi connectivity index (χ0v) is 16.1. The van der Waals surface area contributed by atoms with Crippen molar-refractivity contribution in [2.45, 2.75) is 33.7 Å². The molecule has 2 rings (SSSR count). The van der Waals surface area contributed by atoms with Crippen LogP contribution in [0.5, 0.6) is 0 Å². The summed E-state index contributed by atoms with van der Waals surface area (Å²) in [6.45, 7) is 7.30. The minimum Gasteiger partial charge on any atom is -0.462 e. The summed E-state index contributed by atoms with van der Waals surface area (Å²) in [6.07, 6.45) is 0. The maximum atomic E-state index is 12.4. The maximum Gasteiger partial charge on any atom is 0.341 e. The first kappa shape index (κ1) is 19.1. The highest BCUT2D eigenvalue weighted by Crippen LogP contribution is 2.34. The number of carbonyl (C=O) groups excluding carboxylic acids is 3. The summed E-state index contributed by atoms with van der Waals surface area (Å²) in [5.41, 5.74) is 0.730. The molecule has 0 radical (unpaired) electrons. The second-order valence-electron chi connectivity index (χ2n) is 5.54. The summed E-state index contributed by atoms with van der Waals surface area (Å²) < 4.78 is 5.08. The van der Waals surface area contributed by atoms with E-state index in [-0.39, 0.29) is 30.0 Å². The monoisotopic (exact) mass is 380 g/mol. The number of rotatable bonds is 6. The fourth-order valence-corrected chi connectivity index (χ4v) is 3.88. The molecule has 0 atom stereocenters. The van der Waals surface area contributed by atoms with Gasteiger partial charge in [0.05, 0.1) is 21.9 Å². The number of thiophene rings is 2. The van der Waals surface area contributed by atoms with Gasteiger partial charge in [0.1, 0.15) is 5.00 Å². The first-order valence-electron chi connectivity index (χ1n) is 7.81. The molecular formula is C17H20N2O4S2. The second-order valence-corrected chi connectivity index (χ2v) is 7.51. The largest absolute Gasteiger partial charge is 0.462 e. The van der Waals surface area contributed by atoms with Gasteiger partial charge in [-0.25, -0.2) is 4.79 Å². The Morgan fingerprint density at radius 1 is 1.24 bits per heavy atom. The second kappa shape index (κ2) is 8.26.